The number of rotatable bonds is 44. The summed E-state index contributed by atoms with van der Waals surface area (Å²) in [5, 5.41) is 9.78. The predicted molar refractivity (Wildman–Crippen MR) is 238 cm³/mol. The number of aliphatic hydroxyl groups is 1. The van der Waals surface area contributed by atoms with E-state index < -0.39 is 0 Å². The smallest absolute Gasteiger partial charge is 0.306 e. The molecule has 1 fully saturated rings. The van der Waals surface area contributed by atoms with Crippen molar-refractivity contribution in [3.63, 3.8) is 0 Å². The Morgan fingerprint density at radius 2 is 0.982 bits per heavy atom. The number of hydrogen-bond donors (Lipinski definition) is 1. The Balaban J connectivity index is 2.23. The number of unbranched alkanes of at least 4 members (excludes halogenated alkanes) is 22. The van der Waals surface area contributed by atoms with Gasteiger partial charge >= 0.3 is 11.9 Å². The predicted octanol–water partition coefficient (Wildman–Crippen LogP) is 13.0. The fraction of sp³-hybridized carbons (Fsp3) is 0.959. The average molecular weight is 793 g/mol. The van der Waals surface area contributed by atoms with Crippen LogP contribution in [0.2, 0.25) is 0 Å². The number of carbonyl (C=O) groups is 2. The summed E-state index contributed by atoms with van der Waals surface area (Å²) in [5.74, 6) is 0.473. The fourth-order valence-electron chi connectivity index (χ4n) is 8.28. The van der Waals surface area contributed by atoms with E-state index in [2.05, 4.69) is 30.6 Å². The van der Waals surface area contributed by atoms with E-state index in [4.69, 9.17) is 9.47 Å². The van der Waals surface area contributed by atoms with Crippen LogP contribution in [0.5, 0.6) is 0 Å². The van der Waals surface area contributed by atoms with Gasteiger partial charge in [0.25, 0.3) is 0 Å². The zero-order valence-electron chi connectivity index (χ0n) is 37.8. The molecule has 0 radical (unpaired) electrons. The van der Waals surface area contributed by atoms with Gasteiger partial charge in [-0.3, -0.25) is 19.4 Å². The second-order valence-electron chi connectivity index (χ2n) is 17.5. The largest absolute Gasteiger partial charge is 0.466 e. The molecule has 1 aliphatic rings. The summed E-state index contributed by atoms with van der Waals surface area (Å²) in [5.41, 5.74) is 0. The Morgan fingerprint density at radius 1 is 0.518 bits per heavy atom. The molecule has 0 atom stereocenters. The summed E-state index contributed by atoms with van der Waals surface area (Å²) < 4.78 is 11.3. The van der Waals surface area contributed by atoms with E-state index in [1.54, 1.807) is 0 Å². The van der Waals surface area contributed by atoms with Crippen LogP contribution in [0.15, 0.2) is 0 Å². The molecular weight excluding hydrogens is 697 g/mol. The van der Waals surface area contributed by atoms with Gasteiger partial charge in [-0.2, -0.15) is 0 Å². The minimum Gasteiger partial charge on any atom is -0.466 e. The SMILES string of the molecule is CCCCCCCCCCCC(=O)OCCCCCN(CCN(CCO)CCCCCOC(=O)CC(CCCCCCCC)CCCCCCCC)C1CCC1. The van der Waals surface area contributed by atoms with Crippen molar-refractivity contribution in [1.29, 1.82) is 0 Å². The number of esters is 2. The molecule has 1 N–H and O–H groups in total. The lowest BCUT2D eigenvalue weighted by atomic mass is 9.91. The van der Waals surface area contributed by atoms with Crippen LogP contribution < -0.4 is 0 Å². The number of aliphatic hydroxyl groups excluding tert-OH is 1. The Kier molecular flexibility index (Phi) is 38.3. The third kappa shape index (κ3) is 32.7. The summed E-state index contributed by atoms with van der Waals surface area (Å²) in [6.07, 6.45) is 40.7. The van der Waals surface area contributed by atoms with Crippen molar-refractivity contribution in [1.82, 2.24) is 9.80 Å². The molecule has 0 saturated heterocycles. The van der Waals surface area contributed by atoms with Crippen molar-refractivity contribution < 1.29 is 24.2 Å². The molecule has 0 aromatic heterocycles. The summed E-state index contributed by atoms with van der Waals surface area (Å²) in [6, 6.07) is 0.700. The van der Waals surface area contributed by atoms with Crippen LogP contribution in [-0.4, -0.2) is 85.4 Å². The highest BCUT2D eigenvalue weighted by Crippen LogP contribution is 2.26. The van der Waals surface area contributed by atoms with Crippen LogP contribution >= 0.6 is 0 Å². The quantitative estimate of drug-likeness (QED) is 0.0486. The van der Waals surface area contributed by atoms with Crippen LogP contribution in [0.3, 0.4) is 0 Å². The van der Waals surface area contributed by atoms with Gasteiger partial charge in [-0.05, 0) is 89.6 Å². The molecule has 56 heavy (non-hydrogen) atoms. The maximum atomic E-state index is 12.8. The Labute approximate surface area is 348 Å². The zero-order chi connectivity index (χ0) is 40.6. The van der Waals surface area contributed by atoms with Gasteiger partial charge in [0.2, 0.25) is 0 Å². The van der Waals surface area contributed by atoms with Gasteiger partial charge in [0, 0.05) is 38.5 Å². The molecule has 0 bridgehead atoms. The number of carbonyl (C=O) groups excluding carboxylic acids is 2. The van der Waals surface area contributed by atoms with E-state index in [-0.39, 0.29) is 18.5 Å². The lowest BCUT2D eigenvalue weighted by Gasteiger charge is -2.39. The molecule has 0 aromatic carbocycles. The topological polar surface area (TPSA) is 79.3 Å². The Bertz CT molecular complexity index is 836. The summed E-state index contributed by atoms with van der Waals surface area (Å²) >= 11 is 0. The maximum absolute atomic E-state index is 12.8. The van der Waals surface area contributed by atoms with E-state index in [9.17, 15) is 14.7 Å². The van der Waals surface area contributed by atoms with Crippen molar-refractivity contribution in [3.8, 4) is 0 Å². The molecule has 332 valence electrons. The van der Waals surface area contributed by atoms with Crippen molar-refractivity contribution in [3.05, 3.63) is 0 Å². The van der Waals surface area contributed by atoms with Gasteiger partial charge in [0.15, 0.2) is 0 Å². The van der Waals surface area contributed by atoms with Crippen molar-refractivity contribution in [2.75, 3.05) is 52.5 Å². The van der Waals surface area contributed by atoms with Crippen LogP contribution in [0.25, 0.3) is 0 Å². The Hall–Kier alpha value is -1.18. The number of nitrogens with zero attached hydrogens (tertiary/aromatic N) is 2. The minimum atomic E-state index is -0.0182. The lowest BCUT2D eigenvalue weighted by Crippen LogP contribution is -2.45. The molecule has 0 spiro atoms. The zero-order valence-corrected chi connectivity index (χ0v) is 37.8. The van der Waals surface area contributed by atoms with E-state index in [0.717, 1.165) is 84.1 Å². The van der Waals surface area contributed by atoms with E-state index in [1.165, 1.54) is 154 Å². The first-order chi connectivity index (χ1) is 27.5. The van der Waals surface area contributed by atoms with E-state index in [1.807, 2.05) is 0 Å². The van der Waals surface area contributed by atoms with Crippen LogP contribution in [0.1, 0.15) is 239 Å². The molecule has 0 aliphatic heterocycles. The monoisotopic (exact) mass is 793 g/mol. The third-order valence-corrected chi connectivity index (χ3v) is 12.3. The fourth-order valence-corrected chi connectivity index (χ4v) is 8.28. The van der Waals surface area contributed by atoms with Gasteiger partial charge in [-0.1, -0.05) is 156 Å². The summed E-state index contributed by atoms with van der Waals surface area (Å²) in [6.45, 7) is 12.9. The normalized spacial score (nSPS) is 13.3. The molecule has 7 heteroatoms. The van der Waals surface area contributed by atoms with Gasteiger partial charge in [0.1, 0.15) is 0 Å². The molecule has 0 unspecified atom stereocenters. The first-order valence-corrected chi connectivity index (χ1v) is 24.9. The summed E-state index contributed by atoms with van der Waals surface area (Å²) in [4.78, 5) is 30.1. The second-order valence-corrected chi connectivity index (χ2v) is 17.5. The number of ether oxygens (including phenoxy) is 2. The number of hydrogen-bond acceptors (Lipinski definition) is 7. The van der Waals surface area contributed by atoms with E-state index in [0.29, 0.717) is 38.0 Å². The highest BCUT2D eigenvalue weighted by Gasteiger charge is 2.24. The molecule has 1 saturated carbocycles. The lowest BCUT2D eigenvalue weighted by molar-refractivity contribution is -0.145. The molecule has 1 aliphatic carbocycles. The average Bonchev–Trinajstić information content (AvgIpc) is 3.17. The molecule has 0 aromatic rings. The van der Waals surface area contributed by atoms with Crippen molar-refractivity contribution in [2.24, 2.45) is 5.92 Å². The van der Waals surface area contributed by atoms with E-state index >= 15 is 0 Å². The van der Waals surface area contributed by atoms with Crippen LogP contribution in [-0.2, 0) is 19.1 Å². The first-order valence-electron chi connectivity index (χ1n) is 24.9. The highest BCUT2D eigenvalue weighted by atomic mass is 16.5. The first kappa shape index (κ1) is 52.8. The van der Waals surface area contributed by atoms with Crippen LogP contribution in [0, 0.1) is 5.92 Å². The second kappa shape index (κ2) is 40.6. The third-order valence-electron chi connectivity index (χ3n) is 12.3. The standard InChI is InChI=1S/C49H96N2O5/c1-4-7-10-13-16-17-18-21-26-36-48(53)55-43-30-23-28-38-51(47-34-31-35-47)40-39-50(41-42-52)37-27-22-29-44-56-49(54)45-46(32-24-19-14-11-8-5-2)33-25-20-15-12-9-6-3/h46-47,52H,4-45H2,1-3H3. The van der Waals surface area contributed by atoms with Gasteiger partial charge in [0.05, 0.1) is 19.8 Å². The molecule has 0 heterocycles. The molecule has 7 nitrogen and oxygen atoms in total. The van der Waals surface area contributed by atoms with Crippen molar-refractivity contribution >= 4 is 11.9 Å². The summed E-state index contributed by atoms with van der Waals surface area (Å²) in [7, 11) is 0. The molecule has 0 amide bonds. The maximum Gasteiger partial charge on any atom is 0.306 e. The van der Waals surface area contributed by atoms with Gasteiger partial charge in [-0.25, -0.2) is 0 Å². The van der Waals surface area contributed by atoms with Gasteiger partial charge < -0.3 is 14.6 Å². The molecular formula is C49H96N2O5. The minimum absolute atomic E-state index is 0.00955. The highest BCUT2D eigenvalue weighted by molar-refractivity contribution is 5.69. The molecule has 1 rings (SSSR count). The van der Waals surface area contributed by atoms with Crippen LogP contribution in [0.4, 0.5) is 0 Å². The van der Waals surface area contributed by atoms with Crippen molar-refractivity contribution in [2.45, 2.75) is 245 Å². The van der Waals surface area contributed by atoms with Gasteiger partial charge in [-0.15, -0.1) is 0 Å². The Morgan fingerprint density at radius 3 is 1.48 bits per heavy atom.